The average Bonchev–Trinajstić information content (AvgIpc) is 1.76. The summed E-state index contributed by atoms with van der Waals surface area (Å²) in [6.07, 6.45) is 3.25. The van der Waals surface area contributed by atoms with Gasteiger partial charge in [0.05, 0.1) is 0 Å². The predicted octanol–water partition coefficient (Wildman–Crippen LogP) is 0.498. The van der Waals surface area contributed by atoms with E-state index in [1.54, 1.807) is 0 Å². The summed E-state index contributed by atoms with van der Waals surface area (Å²) >= 11 is 0.639. The van der Waals surface area contributed by atoms with Crippen molar-refractivity contribution in [1.29, 1.82) is 0 Å². The second kappa shape index (κ2) is 1.58. The van der Waals surface area contributed by atoms with Gasteiger partial charge in [-0.3, -0.25) is 0 Å². The molecule has 1 nitrogen and oxygen atoms in total. The van der Waals surface area contributed by atoms with E-state index in [2.05, 4.69) is 4.01 Å². The van der Waals surface area contributed by atoms with Gasteiger partial charge in [-0.05, 0) is 0 Å². The van der Waals surface area contributed by atoms with Crippen molar-refractivity contribution in [3.8, 4) is 0 Å². The van der Waals surface area contributed by atoms with E-state index in [0.717, 1.165) is 0 Å². The van der Waals surface area contributed by atoms with Gasteiger partial charge < -0.3 is 0 Å². The van der Waals surface area contributed by atoms with Crippen molar-refractivity contribution in [2.45, 2.75) is 11.7 Å². The van der Waals surface area contributed by atoms with E-state index >= 15 is 0 Å². The van der Waals surface area contributed by atoms with Crippen molar-refractivity contribution >= 4 is 21.4 Å². The molecule has 2 heteroatoms. The second-order valence-electron chi connectivity index (χ2n) is 0.910. The molecule has 5 heavy (non-hydrogen) atoms. The monoisotopic (exact) mass is 135 g/mol. The summed E-state index contributed by atoms with van der Waals surface area (Å²) in [6.45, 7) is 0. The van der Waals surface area contributed by atoms with Gasteiger partial charge in [-0.25, -0.2) is 0 Å². The number of hydrogen-bond acceptors (Lipinski definition) is 1. The maximum atomic E-state index is 4.02. The SMILES string of the molecule is C1=N[Se]CC1. The quantitative estimate of drug-likeness (QED) is 0.428. The molecule has 0 atom stereocenters. The summed E-state index contributed by atoms with van der Waals surface area (Å²) in [5.74, 6) is 0. The molecule has 1 rings (SSSR count). The van der Waals surface area contributed by atoms with E-state index in [-0.39, 0.29) is 0 Å². The first kappa shape index (κ1) is 3.38. The molecule has 0 aliphatic carbocycles. The molecule has 1 aliphatic heterocycles. The van der Waals surface area contributed by atoms with Crippen LogP contribution in [0.4, 0.5) is 0 Å². The molecule has 0 aromatic carbocycles. The van der Waals surface area contributed by atoms with Crippen LogP contribution in [0.15, 0.2) is 4.01 Å². The van der Waals surface area contributed by atoms with E-state index < -0.39 is 0 Å². The first-order chi connectivity index (χ1) is 2.50. The number of nitrogens with zero attached hydrogens (tertiary/aromatic N) is 1. The topological polar surface area (TPSA) is 12.4 Å². The van der Waals surface area contributed by atoms with Gasteiger partial charge >= 0.3 is 37.1 Å². The van der Waals surface area contributed by atoms with Crippen LogP contribution in [0.1, 0.15) is 6.42 Å². The molecule has 0 bridgehead atoms. The van der Waals surface area contributed by atoms with E-state index in [9.17, 15) is 0 Å². The van der Waals surface area contributed by atoms with Gasteiger partial charge in [-0.1, -0.05) is 0 Å². The summed E-state index contributed by atoms with van der Waals surface area (Å²) in [6, 6.07) is 0. The molecule has 0 aromatic heterocycles. The predicted molar refractivity (Wildman–Crippen MR) is 23.7 cm³/mol. The molecule has 0 radical (unpaired) electrons. The van der Waals surface area contributed by atoms with Crippen LogP contribution in [-0.2, 0) is 0 Å². The van der Waals surface area contributed by atoms with Gasteiger partial charge in [0.2, 0.25) is 0 Å². The first-order valence-electron chi connectivity index (χ1n) is 1.64. The molecule has 0 fully saturated rings. The summed E-state index contributed by atoms with van der Waals surface area (Å²) in [4.78, 5) is 0. The fourth-order valence-electron chi connectivity index (χ4n) is 0.264. The van der Waals surface area contributed by atoms with Crippen LogP contribution in [0.5, 0.6) is 0 Å². The van der Waals surface area contributed by atoms with Gasteiger partial charge in [-0.2, -0.15) is 0 Å². The van der Waals surface area contributed by atoms with Crippen molar-refractivity contribution in [2.24, 2.45) is 4.01 Å². The van der Waals surface area contributed by atoms with Crippen LogP contribution < -0.4 is 0 Å². The molecular formula is C3H5NSe. The third-order valence-corrected chi connectivity index (χ3v) is 1.99. The third-order valence-electron chi connectivity index (χ3n) is 0.487. The Hall–Kier alpha value is 0.189. The Balaban J connectivity index is 2.32. The molecule has 0 amide bonds. The van der Waals surface area contributed by atoms with Crippen molar-refractivity contribution < 1.29 is 0 Å². The fourth-order valence-corrected chi connectivity index (χ4v) is 1.37. The molecule has 0 unspecified atom stereocenters. The molecule has 28 valence electrons. The normalized spacial score (nSPS) is 20.8. The zero-order valence-corrected chi connectivity index (χ0v) is 4.56. The Morgan fingerprint density at radius 3 is 3.00 bits per heavy atom. The third kappa shape index (κ3) is 0.746. The van der Waals surface area contributed by atoms with Gasteiger partial charge in [0, 0.05) is 0 Å². The molecule has 1 heterocycles. The Labute approximate surface area is 37.9 Å². The fraction of sp³-hybridized carbons (Fsp3) is 0.667. The number of hydrogen-bond donors (Lipinski definition) is 0. The maximum absolute atomic E-state index is 4.02. The van der Waals surface area contributed by atoms with Gasteiger partial charge in [-0.15, -0.1) is 0 Å². The zero-order valence-electron chi connectivity index (χ0n) is 2.85. The standard InChI is InChI=1S/C3H5NSe/c1-2-4-5-3-1/h2H,1,3H2. The summed E-state index contributed by atoms with van der Waals surface area (Å²) < 4.78 is 4.02. The molecule has 0 saturated carbocycles. The van der Waals surface area contributed by atoms with Crippen molar-refractivity contribution in [3.05, 3.63) is 0 Å². The Morgan fingerprint density at radius 2 is 2.80 bits per heavy atom. The van der Waals surface area contributed by atoms with E-state index in [1.165, 1.54) is 11.7 Å². The zero-order chi connectivity index (χ0) is 3.54. The van der Waals surface area contributed by atoms with Crippen LogP contribution in [-0.4, -0.2) is 21.4 Å². The molecule has 0 aromatic rings. The van der Waals surface area contributed by atoms with Gasteiger partial charge in [0.25, 0.3) is 0 Å². The molecule has 0 saturated heterocycles. The van der Waals surface area contributed by atoms with Crippen molar-refractivity contribution in [3.63, 3.8) is 0 Å². The average molecular weight is 134 g/mol. The number of rotatable bonds is 0. The van der Waals surface area contributed by atoms with Crippen molar-refractivity contribution in [1.82, 2.24) is 0 Å². The Kier molecular flexibility index (Phi) is 1.07. The second-order valence-corrected chi connectivity index (χ2v) is 2.75. The van der Waals surface area contributed by atoms with E-state index in [4.69, 9.17) is 0 Å². The summed E-state index contributed by atoms with van der Waals surface area (Å²) in [7, 11) is 0. The first-order valence-corrected chi connectivity index (χ1v) is 3.62. The van der Waals surface area contributed by atoms with Crippen LogP contribution in [0.3, 0.4) is 0 Å². The Morgan fingerprint density at radius 1 is 1.80 bits per heavy atom. The Bertz CT molecular complexity index is 44.9. The summed E-state index contributed by atoms with van der Waals surface area (Å²) in [5, 5.41) is 1.34. The van der Waals surface area contributed by atoms with E-state index in [1.807, 2.05) is 6.21 Å². The minimum absolute atomic E-state index is 0.639. The van der Waals surface area contributed by atoms with Gasteiger partial charge in [0.15, 0.2) is 0 Å². The molecule has 0 spiro atoms. The minimum atomic E-state index is 0.639. The van der Waals surface area contributed by atoms with E-state index in [0.29, 0.717) is 15.2 Å². The molecule has 0 N–H and O–H groups in total. The van der Waals surface area contributed by atoms with Crippen LogP contribution in [0, 0.1) is 0 Å². The van der Waals surface area contributed by atoms with Crippen LogP contribution >= 0.6 is 0 Å². The summed E-state index contributed by atoms with van der Waals surface area (Å²) in [5.41, 5.74) is 0. The molecular weight excluding hydrogens is 129 g/mol. The van der Waals surface area contributed by atoms with Crippen LogP contribution in [0.2, 0.25) is 5.32 Å². The molecule has 1 aliphatic rings. The van der Waals surface area contributed by atoms with Gasteiger partial charge in [0.1, 0.15) is 0 Å². The van der Waals surface area contributed by atoms with Crippen molar-refractivity contribution in [2.75, 3.05) is 0 Å². The van der Waals surface area contributed by atoms with Crippen LogP contribution in [0.25, 0.3) is 0 Å².